The fourth-order valence-electron chi connectivity index (χ4n) is 3.78. The van der Waals surface area contributed by atoms with E-state index in [0.717, 1.165) is 37.1 Å². The molecule has 1 aromatic carbocycles. The molecule has 0 heterocycles. The molecule has 0 aromatic heterocycles. The summed E-state index contributed by atoms with van der Waals surface area (Å²) in [5.41, 5.74) is 2.00. The molecule has 146 valence electrons. The number of nitrogens with zero attached hydrogens (tertiary/aromatic N) is 1. The van der Waals surface area contributed by atoms with Crippen molar-refractivity contribution < 1.29 is 4.74 Å². The van der Waals surface area contributed by atoms with Gasteiger partial charge in [0.2, 0.25) is 0 Å². The summed E-state index contributed by atoms with van der Waals surface area (Å²) in [7, 11) is 3.63. The van der Waals surface area contributed by atoms with Gasteiger partial charge in [0.05, 0.1) is 0 Å². The number of nitrogens with one attached hydrogen (secondary N) is 2. The van der Waals surface area contributed by atoms with Gasteiger partial charge in [-0.3, -0.25) is 4.99 Å². The monoisotopic (exact) mass is 491 g/mol. The first kappa shape index (κ1) is 21.8. The van der Waals surface area contributed by atoms with Gasteiger partial charge < -0.3 is 15.4 Å². The minimum Gasteiger partial charge on any atom is -0.385 e. The van der Waals surface area contributed by atoms with Crippen LogP contribution in [0, 0.1) is 5.41 Å². The highest BCUT2D eigenvalue weighted by atomic mass is 127. The highest BCUT2D eigenvalue weighted by molar-refractivity contribution is 14.0. The van der Waals surface area contributed by atoms with Crippen molar-refractivity contribution in [3.63, 3.8) is 0 Å². The van der Waals surface area contributed by atoms with Crippen molar-refractivity contribution in [1.82, 2.24) is 10.6 Å². The first-order valence-corrected chi connectivity index (χ1v) is 9.69. The molecule has 2 N–H and O–H groups in total. The summed E-state index contributed by atoms with van der Waals surface area (Å²) in [5, 5.41) is 7.88. The molecule has 0 spiro atoms. The largest absolute Gasteiger partial charge is 0.385 e. The Balaban J connectivity index is 0.00000243. The zero-order valence-corrected chi connectivity index (χ0v) is 18.9. The molecule has 0 aliphatic heterocycles. The van der Waals surface area contributed by atoms with Gasteiger partial charge in [-0.15, -0.1) is 24.0 Å². The number of hydrogen-bond donors (Lipinski definition) is 2. The fourth-order valence-corrected chi connectivity index (χ4v) is 3.90. The second kappa shape index (κ2) is 9.60. The van der Waals surface area contributed by atoms with Crippen molar-refractivity contribution in [3.8, 4) is 0 Å². The second-order valence-electron chi connectivity index (χ2n) is 7.66. The number of halogens is 2. The van der Waals surface area contributed by atoms with Gasteiger partial charge in [-0.2, -0.15) is 0 Å². The molecular formula is C20H31ClIN3O. The Kier molecular flexibility index (Phi) is 8.04. The molecule has 0 radical (unpaired) electrons. The van der Waals surface area contributed by atoms with Crippen LogP contribution in [0.25, 0.3) is 0 Å². The van der Waals surface area contributed by atoms with Crippen molar-refractivity contribution in [2.24, 2.45) is 10.4 Å². The van der Waals surface area contributed by atoms with Crippen LogP contribution < -0.4 is 10.6 Å². The lowest BCUT2D eigenvalue weighted by Gasteiger charge is -2.42. The summed E-state index contributed by atoms with van der Waals surface area (Å²) >= 11 is 6.02. The third kappa shape index (κ3) is 5.26. The van der Waals surface area contributed by atoms with E-state index in [1.165, 1.54) is 37.7 Å². The van der Waals surface area contributed by atoms with Gasteiger partial charge in [-0.05, 0) is 55.2 Å². The van der Waals surface area contributed by atoms with E-state index < -0.39 is 0 Å². The Hall–Kier alpha value is -0.530. The highest BCUT2D eigenvalue weighted by Gasteiger charge is 2.44. The summed E-state index contributed by atoms with van der Waals surface area (Å²) in [6.07, 6.45) is 7.47. The topological polar surface area (TPSA) is 45.7 Å². The molecule has 0 unspecified atom stereocenters. The first-order valence-electron chi connectivity index (χ1n) is 9.31. The van der Waals surface area contributed by atoms with E-state index >= 15 is 0 Å². The molecule has 6 heteroatoms. The van der Waals surface area contributed by atoms with Crippen LogP contribution >= 0.6 is 35.6 Å². The van der Waals surface area contributed by atoms with E-state index in [2.05, 4.69) is 27.8 Å². The molecule has 0 amide bonds. The van der Waals surface area contributed by atoms with E-state index in [-0.39, 0.29) is 29.4 Å². The number of rotatable bonds is 8. The van der Waals surface area contributed by atoms with Gasteiger partial charge in [0.1, 0.15) is 0 Å². The van der Waals surface area contributed by atoms with Gasteiger partial charge in [0.25, 0.3) is 0 Å². The van der Waals surface area contributed by atoms with Crippen molar-refractivity contribution in [1.29, 1.82) is 0 Å². The molecule has 0 bridgehead atoms. The average molecular weight is 492 g/mol. The summed E-state index contributed by atoms with van der Waals surface area (Å²) in [5.74, 6) is 0.906. The first-order chi connectivity index (χ1) is 12.1. The third-order valence-electron chi connectivity index (χ3n) is 6.01. The van der Waals surface area contributed by atoms with Crippen LogP contribution in [0.4, 0.5) is 0 Å². The van der Waals surface area contributed by atoms with Gasteiger partial charge in [0, 0.05) is 44.3 Å². The molecule has 2 aliphatic carbocycles. The summed E-state index contributed by atoms with van der Waals surface area (Å²) in [4.78, 5) is 4.41. The second-order valence-corrected chi connectivity index (χ2v) is 8.10. The number of ether oxygens (including phenoxy) is 1. The van der Waals surface area contributed by atoms with E-state index in [1.54, 1.807) is 7.11 Å². The van der Waals surface area contributed by atoms with Crippen LogP contribution in [0.3, 0.4) is 0 Å². The highest BCUT2D eigenvalue weighted by Crippen LogP contribution is 2.47. The van der Waals surface area contributed by atoms with Crippen molar-refractivity contribution in [2.75, 3.05) is 33.9 Å². The van der Waals surface area contributed by atoms with Crippen molar-refractivity contribution in [2.45, 2.75) is 43.9 Å². The molecule has 0 atom stereocenters. The Labute approximate surface area is 179 Å². The van der Waals surface area contributed by atoms with Crippen LogP contribution in [0.1, 0.15) is 44.1 Å². The van der Waals surface area contributed by atoms with Crippen LogP contribution in [-0.4, -0.2) is 39.8 Å². The molecule has 1 aromatic rings. The molecule has 2 fully saturated rings. The maximum absolute atomic E-state index is 6.02. The Morgan fingerprint density at radius 3 is 2.27 bits per heavy atom. The fraction of sp³-hybridized carbons (Fsp3) is 0.650. The number of methoxy groups -OCH3 is 1. The molecule has 0 saturated heterocycles. The smallest absolute Gasteiger partial charge is 0.191 e. The molecule has 2 aliphatic rings. The Morgan fingerprint density at radius 2 is 1.77 bits per heavy atom. The summed E-state index contributed by atoms with van der Waals surface area (Å²) < 4.78 is 5.28. The lowest BCUT2D eigenvalue weighted by atomic mass is 9.67. The summed E-state index contributed by atoms with van der Waals surface area (Å²) in [6.45, 7) is 2.73. The van der Waals surface area contributed by atoms with Crippen LogP contribution in [0.5, 0.6) is 0 Å². The predicted octanol–water partition coefficient (Wildman–Crippen LogP) is 4.36. The van der Waals surface area contributed by atoms with E-state index in [4.69, 9.17) is 16.3 Å². The standard InChI is InChI=1S/C20H30ClN3O.HI/c1-22-18(23-14-19(8-3-9-19)12-13-25-2)24-15-20(10-11-20)16-4-6-17(21)7-5-16;/h4-7H,3,8-15H2,1-2H3,(H2,22,23,24);1H. The maximum Gasteiger partial charge on any atom is 0.191 e. The molecule has 2 saturated carbocycles. The summed E-state index contributed by atoms with van der Waals surface area (Å²) in [6, 6.07) is 8.28. The Morgan fingerprint density at radius 1 is 1.12 bits per heavy atom. The van der Waals surface area contributed by atoms with Crippen molar-refractivity contribution in [3.05, 3.63) is 34.9 Å². The third-order valence-corrected chi connectivity index (χ3v) is 6.26. The number of guanidine groups is 1. The van der Waals surface area contributed by atoms with E-state index in [9.17, 15) is 0 Å². The van der Waals surface area contributed by atoms with Crippen LogP contribution in [0.2, 0.25) is 5.02 Å². The molecular weight excluding hydrogens is 461 g/mol. The SMILES string of the molecule is CN=C(NCC1(CCOC)CCC1)NCC1(c2ccc(Cl)cc2)CC1.I. The lowest BCUT2D eigenvalue weighted by molar-refractivity contribution is 0.0732. The average Bonchev–Trinajstić information content (AvgIpc) is 3.38. The lowest BCUT2D eigenvalue weighted by Crippen LogP contribution is -2.48. The van der Waals surface area contributed by atoms with Crippen LogP contribution in [0.15, 0.2) is 29.3 Å². The van der Waals surface area contributed by atoms with Gasteiger partial charge in [-0.1, -0.05) is 30.2 Å². The van der Waals surface area contributed by atoms with Crippen LogP contribution in [-0.2, 0) is 10.2 Å². The molecule has 26 heavy (non-hydrogen) atoms. The van der Waals surface area contributed by atoms with Gasteiger partial charge in [-0.25, -0.2) is 0 Å². The van der Waals surface area contributed by atoms with E-state index in [1.807, 2.05) is 19.2 Å². The van der Waals surface area contributed by atoms with Gasteiger partial charge in [0.15, 0.2) is 5.96 Å². The normalized spacial score (nSPS) is 19.9. The Bertz CT molecular complexity index is 598. The zero-order chi connectivity index (χ0) is 17.8. The zero-order valence-electron chi connectivity index (χ0n) is 15.8. The maximum atomic E-state index is 6.02. The van der Waals surface area contributed by atoms with E-state index in [0.29, 0.717) is 5.41 Å². The molecule has 3 rings (SSSR count). The number of benzene rings is 1. The quantitative estimate of drug-likeness (QED) is 0.323. The minimum absolute atomic E-state index is 0. The number of hydrogen-bond acceptors (Lipinski definition) is 2. The number of aliphatic imine (C=N–C) groups is 1. The van der Waals surface area contributed by atoms with Crippen molar-refractivity contribution >= 4 is 41.5 Å². The molecule has 4 nitrogen and oxygen atoms in total. The van der Waals surface area contributed by atoms with Gasteiger partial charge >= 0.3 is 0 Å². The predicted molar refractivity (Wildman–Crippen MR) is 120 cm³/mol. The minimum atomic E-state index is 0.